The fourth-order valence-electron chi connectivity index (χ4n) is 1.80. The first-order chi connectivity index (χ1) is 9.83. The Morgan fingerprint density at radius 2 is 2.20 bits per heavy atom. The van der Waals surface area contributed by atoms with Crippen LogP contribution < -0.4 is 15.2 Å². The number of nitrogens with two attached hydrogens (primary N) is 1. The predicted octanol–water partition coefficient (Wildman–Crippen LogP) is 3.01. The summed E-state index contributed by atoms with van der Waals surface area (Å²) in [7, 11) is 0. The quantitative estimate of drug-likeness (QED) is 0.812. The molecule has 0 saturated carbocycles. The molecule has 2 N–H and O–H groups in total. The maximum absolute atomic E-state index is 5.87. The summed E-state index contributed by atoms with van der Waals surface area (Å²) < 4.78 is 11.5. The molecule has 20 heavy (non-hydrogen) atoms. The highest BCUT2D eigenvalue weighted by Crippen LogP contribution is 2.26. The summed E-state index contributed by atoms with van der Waals surface area (Å²) in [4.78, 5) is 4.22. The highest BCUT2D eigenvalue weighted by atomic mass is 32.1. The first kappa shape index (κ1) is 14.8. The van der Waals surface area contributed by atoms with E-state index in [2.05, 4.69) is 11.9 Å². The second-order valence-electron chi connectivity index (χ2n) is 4.37. The minimum atomic E-state index is 0.479. The zero-order chi connectivity index (χ0) is 14.2. The van der Waals surface area contributed by atoms with Crippen molar-refractivity contribution >= 4 is 11.3 Å². The number of rotatable bonds is 8. The van der Waals surface area contributed by atoms with Gasteiger partial charge in [-0.15, -0.1) is 11.3 Å². The zero-order valence-corrected chi connectivity index (χ0v) is 12.5. The molecule has 1 aromatic carbocycles. The number of benzene rings is 1. The van der Waals surface area contributed by atoms with Crippen molar-refractivity contribution in [2.45, 2.75) is 26.4 Å². The molecular weight excluding hydrogens is 272 g/mol. The molecule has 0 aliphatic carbocycles. The summed E-state index contributed by atoms with van der Waals surface area (Å²) >= 11 is 1.59. The van der Waals surface area contributed by atoms with Crippen LogP contribution in [0.3, 0.4) is 0 Å². The van der Waals surface area contributed by atoms with Crippen LogP contribution in [0.5, 0.6) is 11.5 Å². The zero-order valence-electron chi connectivity index (χ0n) is 11.7. The molecule has 108 valence electrons. The van der Waals surface area contributed by atoms with Crippen LogP contribution in [-0.4, -0.2) is 18.1 Å². The number of nitrogens with zero attached hydrogens (tertiary/aromatic N) is 1. The maximum atomic E-state index is 5.87. The minimum absolute atomic E-state index is 0.479. The van der Waals surface area contributed by atoms with Gasteiger partial charge < -0.3 is 15.2 Å². The molecule has 0 amide bonds. The van der Waals surface area contributed by atoms with E-state index >= 15 is 0 Å². The van der Waals surface area contributed by atoms with Gasteiger partial charge in [-0.05, 0) is 31.0 Å². The number of aromatic nitrogens is 1. The molecule has 4 nitrogen and oxygen atoms in total. The molecule has 0 aliphatic heterocycles. The van der Waals surface area contributed by atoms with Crippen molar-refractivity contribution in [3.05, 3.63) is 40.3 Å². The molecule has 0 atom stereocenters. The van der Waals surface area contributed by atoms with Gasteiger partial charge in [0.25, 0.3) is 0 Å². The van der Waals surface area contributed by atoms with Gasteiger partial charge in [0, 0.05) is 17.6 Å². The van der Waals surface area contributed by atoms with Crippen molar-refractivity contribution < 1.29 is 9.47 Å². The molecule has 1 aromatic heterocycles. The highest BCUT2D eigenvalue weighted by molar-refractivity contribution is 7.09. The van der Waals surface area contributed by atoms with Crippen LogP contribution in [-0.2, 0) is 13.0 Å². The lowest BCUT2D eigenvalue weighted by Gasteiger charge is -2.12. The van der Waals surface area contributed by atoms with E-state index in [4.69, 9.17) is 15.2 Å². The van der Waals surface area contributed by atoms with Crippen molar-refractivity contribution in [2.24, 2.45) is 5.73 Å². The lowest BCUT2D eigenvalue weighted by Crippen LogP contribution is -2.06. The van der Waals surface area contributed by atoms with E-state index in [9.17, 15) is 0 Å². The second-order valence-corrected chi connectivity index (χ2v) is 5.35. The lowest BCUT2D eigenvalue weighted by molar-refractivity contribution is 0.292. The average Bonchev–Trinajstić information content (AvgIpc) is 2.98. The van der Waals surface area contributed by atoms with Gasteiger partial charge in [0.1, 0.15) is 23.1 Å². The normalized spacial score (nSPS) is 10.5. The predicted molar refractivity (Wildman–Crippen MR) is 81.4 cm³/mol. The molecule has 0 bridgehead atoms. The van der Waals surface area contributed by atoms with Crippen LogP contribution in [0.25, 0.3) is 0 Å². The van der Waals surface area contributed by atoms with Gasteiger partial charge in [-0.3, -0.25) is 0 Å². The number of ether oxygens (including phenoxy) is 2. The molecular formula is C15H20N2O2S. The molecule has 5 heteroatoms. The smallest absolute Gasteiger partial charge is 0.140 e. The summed E-state index contributed by atoms with van der Waals surface area (Å²) in [6, 6.07) is 5.93. The van der Waals surface area contributed by atoms with E-state index in [1.165, 1.54) is 0 Å². The molecule has 0 unspecified atom stereocenters. The molecule has 0 aliphatic rings. The molecule has 0 fully saturated rings. The van der Waals surface area contributed by atoms with E-state index in [1.807, 2.05) is 23.6 Å². The molecule has 0 spiro atoms. The molecule has 0 saturated heterocycles. The number of hydrogen-bond acceptors (Lipinski definition) is 5. The monoisotopic (exact) mass is 292 g/mol. The molecule has 2 rings (SSSR count). The second kappa shape index (κ2) is 7.87. The summed E-state index contributed by atoms with van der Waals surface area (Å²) in [5, 5.41) is 2.91. The van der Waals surface area contributed by atoms with Gasteiger partial charge in [0.15, 0.2) is 0 Å². The van der Waals surface area contributed by atoms with Crippen LogP contribution in [0.1, 0.15) is 23.9 Å². The highest BCUT2D eigenvalue weighted by Gasteiger charge is 2.07. The number of thiazole rings is 1. The Morgan fingerprint density at radius 1 is 1.30 bits per heavy atom. The van der Waals surface area contributed by atoms with Gasteiger partial charge in [-0.2, -0.15) is 0 Å². The van der Waals surface area contributed by atoms with Crippen LogP contribution in [0.15, 0.2) is 29.8 Å². The van der Waals surface area contributed by atoms with Crippen molar-refractivity contribution in [1.82, 2.24) is 4.98 Å². The first-order valence-electron chi connectivity index (χ1n) is 6.80. The van der Waals surface area contributed by atoms with Crippen LogP contribution in [0, 0.1) is 0 Å². The van der Waals surface area contributed by atoms with E-state index < -0.39 is 0 Å². The van der Waals surface area contributed by atoms with Crippen LogP contribution in [0.4, 0.5) is 0 Å². The first-order valence-corrected chi connectivity index (χ1v) is 7.68. The fourth-order valence-corrected chi connectivity index (χ4v) is 2.33. The Hall–Kier alpha value is -1.59. The molecule has 0 radical (unpaired) electrons. The average molecular weight is 292 g/mol. The van der Waals surface area contributed by atoms with Crippen molar-refractivity contribution in [1.29, 1.82) is 0 Å². The standard InChI is InChI=1S/C15H20N2O2S/c1-2-8-18-13-4-3-12(5-6-16)14(10-13)19-11-15-17-7-9-20-15/h3-4,7,9-10H,2,5-6,8,11,16H2,1H3. The summed E-state index contributed by atoms with van der Waals surface area (Å²) in [5.74, 6) is 1.67. The number of hydrogen-bond donors (Lipinski definition) is 1. The topological polar surface area (TPSA) is 57.4 Å². The third-order valence-electron chi connectivity index (χ3n) is 2.76. The van der Waals surface area contributed by atoms with Crippen molar-refractivity contribution in [2.75, 3.05) is 13.2 Å². The fraction of sp³-hybridized carbons (Fsp3) is 0.400. The van der Waals surface area contributed by atoms with Gasteiger partial charge in [-0.25, -0.2) is 4.98 Å². The van der Waals surface area contributed by atoms with Gasteiger partial charge in [0.2, 0.25) is 0 Å². The Morgan fingerprint density at radius 3 is 2.90 bits per heavy atom. The molecule has 1 heterocycles. The Balaban J connectivity index is 2.08. The maximum Gasteiger partial charge on any atom is 0.140 e. The summed E-state index contributed by atoms with van der Waals surface area (Å²) in [5.41, 5.74) is 6.75. The van der Waals surface area contributed by atoms with E-state index in [-0.39, 0.29) is 0 Å². The van der Waals surface area contributed by atoms with Gasteiger partial charge in [0.05, 0.1) is 6.61 Å². The lowest BCUT2D eigenvalue weighted by atomic mass is 10.1. The third kappa shape index (κ3) is 4.21. The minimum Gasteiger partial charge on any atom is -0.493 e. The Bertz CT molecular complexity index is 515. The van der Waals surface area contributed by atoms with Crippen LogP contribution in [0.2, 0.25) is 0 Å². The Kier molecular flexibility index (Phi) is 5.83. The van der Waals surface area contributed by atoms with Crippen molar-refractivity contribution in [3.8, 4) is 11.5 Å². The van der Waals surface area contributed by atoms with Gasteiger partial charge in [-0.1, -0.05) is 13.0 Å². The SMILES string of the molecule is CCCOc1ccc(CCN)c(OCc2nccs2)c1. The Labute approximate surface area is 123 Å². The summed E-state index contributed by atoms with van der Waals surface area (Å²) in [6.07, 6.45) is 3.56. The third-order valence-corrected chi connectivity index (χ3v) is 3.51. The molecule has 2 aromatic rings. The van der Waals surface area contributed by atoms with E-state index in [0.29, 0.717) is 19.8 Å². The van der Waals surface area contributed by atoms with E-state index in [0.717, 1.165) is 34.9 Å². The summed E-state index contributed by atoms with van der Waals surface area (Å²) in [6.45, 7) is 3.88. The van der Waals surface area contributed by atoms with E-state index in [1.54, 1.807) is 17.5 Å². The van der Waals surface area contributed by atoms with Crippen molar-refractivity contribution in [3.63, 3.8) is 0 Å². The van der Waals surface area contributed by atoms with Crippen LogP contribution >= 0.6 is 11.3 Å². The van der Waals surface area contributed by atoms with Gasteiger partial charge >= 0.3 is 0 Å². The largest absolute Gasteiger partial charge is 0.493 e.